The Kier molecular flexibility index (Phi) is 4.29. The molecule has 1 fully saturated rings. The molecule has 2 heteroatoms. The van der Waals surface area contributed by atoms with Gasteiger partial charge >= 0.3 is 109 Å². The molecule has 1 unspecified atom stereocenters. The third kappa shape index (κ3) is 3.12. The Hall–Kier alpha value is -0.311. The summed E-state index contributed by atoms with van der Waals surface area (Å²) < 4.78 is 2.28. The number of hydrogen-bond donors (Lipinski definition) is 0. The number of rotatable bonds is 2. The van der Waals surface area contributed by atoms with Gasteiger partial charge in [0, 0.05) is 0 Å². The van der Waals surface area contributed by atoms with Gasteiger partial charge in [-0.15, -0.1) is 0 Å². The summed E-state index contributed by atoms with van der Waals surface area (Å²) in [6.45, 7) is 0. The van der Waals surface area contributed by atoms with Crippen LogP contribution in [0.4, 0.5) is 0 Å². The number of benzene rings is 1. The van der Waals surface area contributed by atoms with E-state index in [4.69, 9.17) is 0 Å². The summed E-state index contributed by atoms with van der Waals surface area (Å²) in [7, 11) is 0. The molecule has 0 saturated heterocycles. The SMILES string of the molecule is [CH3][Sn]([CH3])([c]1ccccc1)[CH]1CCCCC(=O)C1. The molecule has 0 bridgehead atoms. The summed E-state index contributed by atoms with van der Waals surface area (Å²) in [4.78, 5) is 16.8. The number of carbonyl (C=O) groups is 1. The standard InChI is InChI=1S/C7H11O.C6H5.2CH3.Sn/c8-7-5-3-1-2-4-6-7;1-2-4-6-5-3-1;;;/h3H,1-2,4-6H2;1-5H;2*1H3;. The van der Waals surface area contributed by atoms with Crippen molar-refractivity contribution in [1.29, 1.82) is 0 Å². The zero-order valence-corrected chi connectivity index (χ0v) is 13.8. The summed E-state index contributed by atoms with van der Waals surface area (Å²) in [5.74, 6) is 0.508. The van der Waals surface area contributed by atoms with Crippen LogP contribution in [0, 0.1) is 0 Å². The number of ketones is 1. The third-order valence-corrected chi connectivity index (χ3v) is 16.7. The molecule has 2 rings (SSSR count). The van der Waals surface area contributed by atoms with Crippen LogP contribution in [0.2, 0.25) is 13.8 Å². The molecule has 0 spiro atoms. The molecule has 1 aliphatic carbocycles. The van der Waals surface area contributed by atoms with E-state index < -0.39 is 18.4 Å². The summed E-state index contributed by atoms with van der Waals surface area (Å²) in [5.41, 5.74) is 0. The monoisotopic (exact) mass is 338 g/mol. The van der Waals surface area contributed by atoms with Gasteiger partial charge in [-0.2, -0.15) is 0 Å². The van der Waals surface area contributed by atoms with Crippen molar-refractivity contribution in [3.63, 3.8) is 0 Å². The first-order valence-electron chi connectivity index (χ1n) is 6.68. The average Bonchev–Trinajstić information content (AvgIpc) is 2.55. The van der Waals surface area contributed by atoms with Gasteiger partial charge in [0.25, 0.3) is 0 Å². The molecular weight excluding hydrogens is 315 g/mol. The second-order valence-electron chi connectivity index (χ2n) is 5.77. The molecule has 92 valence electrons. The fourth-order valence-corrected chi connectivity index (χ4v) is 12.0. The molecule has 0 aliphatic heterocycles. The Labute approximate surface area is 108 Å². The van der Waals surface area contributed by atoms with Crippen molar-refractivity contribution in [2.24, 2.45) is 0 Å². The minimum atomic E-state index is -2.29. The fraction of sp³-hybridized carbons (Fsp3) is 0.533. The van der Waals surface area contributed by atoms with Gasteiger partial charge < -0.3 is 0 Å². The second-order valence-corrected chi connectivity index (χ2v) is 19.6. The zero-order valence-electron chi connectivity index (χ0n) is 10.9. The second kappa shape index (κ2) is 5.55. The minimum absolute atomic E-state index is 0.508. The van der Waals surface area contributed by atoms with E-state index in [2.05, 4.69) is 40.2 Å². The van der Waals surface area contributed by atoms with E-state index in [1.54, 1.807) is 3.58 Å². The van der Waals surface area contributed by atoms with Crippen molar-refractivity contribution in [3.05, 3.63) is 30.3 Å². The van der Waals surface area contributed by atoms with E-state index in [-0.39, 0.29) is 0 Å². The van der Waals surface area contributed by atoms with Gasteiger partial charge in [-0.1, -0.05) is 0 Å². The van der Waals surface area contributed by atoms with Crippen LogP contribution in [0.5, 0.6) is 0 Å². The molecule has 0 N–H and O–H groups in total. The maximum atomic E-state index is 11.8. The molecule has 1 saturated carbocycles. The van der Waals surface area contributed by atoms with E-state index in [1.165, 1.54) is 12.8 Å². The van der Waals surface area contributed by atoms with Crippen molar-refractivity contribution in [3.8, 4) is 0 Å². The Morgan fingerprint density at radius 3 is 2.53 bits per heavy atom. The zero-order chi connectivity index (χ0) is 12.3. The van der Waals surface area contributed by atoms with Gasteiger partial charge in [-0.05, 0) is 0 Å². The van der Waals surface area contributed by atoms with E-state index in [1.807, 2.05) is 0 Å². The number of hydrogen-bond acceptors (Lipinski definition) is 1. The molecule has 1 aliphatic rings. The predicted octanol–water partition coefficient (Wildman–Crippen LogP) is 3.51. The van der Waals surface area contributed by atoms with Crippen LogP contribution in [0.15, 0.2) is 30.3 Å². The van der Waals surface area contributed by atoms with E-state index in [0.717, 1.165) is 19.3 Å². The van der Waals surface area contributed by atoms with Gasteiger partial charge in [0.1, 0.15) is 0 Å². The quantitative estimate of drug-likeness (QED) is 0.596. The Bertz CT molecular complexity index is 383. The Morgan fingerprint density at radius 2 is 1.82 bits per heavy atom. The van der Waals surface area contributed by atoms with Gasteiger partial charge in [0.2, 0.25) is 0 Å². The summed E-state index contributed by atoms with van der Waals surface area (Å²) in [6.07, 6.45) is 5.34. The van der Waals surface area contributed by atoms with Crippen LogP contribution in [-0.4, -0.2) is 24.2 Å². The third-order valence-electron chi connectivity index (χ3n) is 4.27. The fourth-order valence-electron chi connectivity index (χ4n) is 2.91. The molecule has 1 atom stereocenters. The topological polar surface area (TPSA) is 17.1 Å². The van der Waals surface area contributed by atoms with Crippen LogP contribution >= 0.6 is 0 Å². The maximum absolute atomic E-state index is 11.8. The molecule has 17 heavy (non-hydrogen) atoms. The van der Waals surface area contributed by atoms with Crippen LogP contribution < -0.4 is 3.58 Å². The summed E-state index contributed by atoms with van der Waals surface area (Å²) in [5, 5.41) is 0. The van der Waals surface area contributed by atoms with Crippen LogP contribution in [0.3, 0.4) is 0 Å². The van der Waals surface area contributed by atoms with Crippen LogP contribution in [-0.2, 0) is 4.79 Å². The van der Waals surface area contributed by atoms with E-state index in [0.29, 0.717) is 9.72 Å². The van der Waals surface area contributed by atoms with Gasteiger partial charge in [0.05, 0.1) is 0 Å². The van der Waals surface area contributed by atoms with E-state index in [9.17, 15) is 4.79 Å². The molecule has 0 radical (unpaired) electrons. The van der Waals surface area contributed by atoms with Crippen molar-refractivity contribution in [2.75, 3.05) is 0 Å². The van der Waals surface area contributed by atoms with Crippen molar-refractivity contribution in [2.45, 2.75) is 45.9 Å². The van der Waals surface area contributed by atoms with Crippen LogP contribution in [0.1, 0.15) is 32.1 Å². The first kappa shape index (κ1) is 13.1. The summed E-state index contributed by atoms with van der Waals surface area (Å²) >= 11 is -2.29. The van der Waals surface area contributed by atoms with Gasteiger partial charge in [-0.25, -0.2) is 0 Å². The number of carbonyl (C=O) groups excluding carboxylic acids is 1. The van der Waals surface area contributed by atoms with Gasteiger partial charge in [0.15, 0.2) is 0 Å². The van der Waals surface area contributed by atoms with Crippen molar-refractivity contribution in [1.82, 2.24) is 0 Å². The van der Waals surface area contributed by atoms with Gasteiger partial charge in [-0.3, -0.25) is 0 Å². The molecule has 0 aromatic heterocycles. The normalized spacial score (nSPS) is 22.2. The first-order valence-corrected chi connectivity index (χ1v) is 15.5. The molecule has 0 amide bonds. The average molecular weight is 337 g/mol. The first-order chi connectivity index (χ1) is 8.10. The van der Waals surface area contributed by atoms with Crippen LogP contribution in [0.25, 0.3) is 0 Å². The Morgan fingerprint density at radius 1 is 1.12 bits per heavy atom. The molecule has 0 heterocycles. The predicted molar refractivity (Wildman–Crippen MR) is 75.4 cm³/mol. The van der Waals surface area contributed by atoms with E-state index >= 15 is 0 Å². The molecular formula is C15H22OSn. The van der Waals surface area contributed by atoms with Crippen molar-refractivity contribution >= 4 is 27.7 Å². The van der Waals surface area contributed by atoms with Crippen molar-refractivity contribution < 1.29 is 4.79 Å². The molecule has 1 nitrogen and oxygen atoms in total. The molecule has 1 aromatic carbocycles. The molecule has 1 aromatic rings. The number of Topliss-reactive ketones (excluding diaryl/α,β-unsaturated/α-hetero) is 1. The summed E-state index contributed by atoms with van der Waals surface area (Å²) in [6, 6.07) is 10.9. The Balaban J connectivity index is 2.22.